The molecule has 5 rings (SSSR count). The molecule has 2 atom stereocenters. The second kappa shape index (κ2) is 6.37. The summed E-state index contributed by atoms with van der Waals surface area (Å²) in [6.07, 6.45) is 19.2. The molecule has 4 aliphatic rings. The van der Waals surface area contributed by atoms with E-state index in [9.17, 15) is 0 Å². The molecular formula is C27H28. The third-order valence-corrected chi connectivity index (χ3v) is 6.78. The van der Waals surface area contributed by atoms with Gasteiger partial charge in [0.05, 0.1) is 0 Å². The average Bonchev–Trinajstić information content (AvgIpc) is 3.34. The molecule has 1 aromatic carbocycles. The number of benzene rings is 1. The second-order valence-corrected chi connectivity index (χ2v) is 8.50. The zero-order valence-electron chi connectivity index (χ0n) is 16.7. The van der Waals surface area contributed by atoms with Gasteiger partial charge in [-0.3, -0.25) is 0 Å². The van der Waals surface area contributed by atoms with Crippen LogP contribution in [-0.2, 0) is 0 Å². The van der Waals surface area contributed by atoms with Gasteiger partial charge in [0.25, 0.3) is 0 Å². The van der Waals surface area contributed by atoms with Crippen molar-refractivity contribution in [1.82, 2.24) is 0 Å². The maximum atomic E-state index is 2.47. The van der Waals surface area contributed by atoms with Crippen molar-refractivity contribution in [2.75, 3.05) is 0 Å². The van der Waals surface area contributed by atoms with Gasteiger partial charge in [0.2, 0.25) is 0 Å². The van der Waals surface area contributed by atoms with E-state index in [0.717, 1.165) is 6.42 Å². The third-order valence-electron chi connectivity index (χ3n) is 6.78. The van der Waals surface area contributed by atoms with E-state index in [-0.39, 0.29) is 0 Å². The number of rotatable bonds is 3. The molecule has 136 valence electrons. The number of fused-ring (bicyclic) bond motifs is 5. The van der Waals surface area contributed by atoms with E-state index in [4.69, 9.17) is 0 Å². The molecule has 0 nitrogen and oxygen atoms in total. The lowest BCUT2D eigenvalue weighted by Crippen LogP contribution is -2.05. The monoisotopic (exact) mass is 352 g/mol. The first-order valence-electron chi connectivity index (χ1n) is 10.5. The highest BCUT2D eigenvalue weighted by Gasteiger charge is 2.36. The lowest BCUT2D eigenvalue weighted by Gasteiger charge is -2.20. The van der Waals surface area contributed by atoms with E-state index in [0.29, 0.717) is 11.8 Å². The summed E-state index contributed by atoms with van der Waals surface area (Å²) in [6.45, 7) is 6.82. The Morgan fingerprint density at radius 1 is 1.11 bits per heavy atom. The fraction of sp³-hybridized carbons (Fsp3) is 0.333. The summed E-state index contributed by atoms with van der Waals surface area (Å²) in [5.41, 5.74) is 13.8. The highest BCUT2D eigenvalue weighted by molar-refractivity contribution is 5.81. The first-order chi connectivity index (χ1) is 13.2. The Bertz CT molecular complexity index is 1000. The van der Waals surface area contributed by atoms with Crippen molar-refractivity contribution in [2.24, 2.45) is 5.92 Å². The van der Waals surface area contributed by atoms with Crippen molar-refractivity contribution in [3.05, 3.63) is 99.2 Å². The number of allylic oxidation sites excluding steroid dienone is 12. The normalized spacial score (nSPS) is 25.4. The van der Waals surface area contributed by atoms with E-state index in [1.54, 1.807) is 22.3 Å². The molecule has 0 heteroatoms. The fourth-order valence-electron chi connectivity index (χ4n) is 5.51. The lowest BCUT2D eigenvalue weighted by molar-refractivity contribution is 0.704. The Morgan fingerprint density at radius 2 is 2.00 bits per heavy atom. The van der Waals surface area contributed by atoms with Crippen molar-refractivity contribution >= 4 is 5.57 Å². The Kier molecular flexibility index (Phi) is 3.97. The third kappa shape index (κ3) is 2.57. The molecule has 4 aliphatic carbocycles. The van der Waals surface area contributed by atoms with Gasteiger partial charge in [-0.25, -0.2) is 0 Å². The summed E-state index contributed by atoms with van der Waals surface area (Å²) < 4.78 is 0. The van der Waals surface area contributed by atoms with E-state index >= 15 is 0 Å². The maximum absolute atomic E-state index is 2.47. The summed E-state index contributed by atoms with van der Waals surface area (Å²) in [7, 11) is 0. The minimum atomic E-state index is 0.451. The highest BCUT2D eigenvalue weighted by Crippen LogP contribution is 2.53. The highest BCUT2D eigenvalue weighted by atomic mass is 14.4. The first-order valence-corrected chi connectivity index (χ1v) is 10.5. The zero-order valence-corrected chi connectivity index (χ0v) is 16.7. The van der Waals surface area contributed by atoms with E-state index < -0.39 is 0 Å². The molecule has 0 fully saturated rings. The summed E-state index contributed by atoms with van der Waals surface area (Å²) in [4.78, 5) is 0. The number of hydrogen-bond donors (Lipinski definition) is 0. The summed E-state index contributed by atoms with van der Waals surface area (Å²) in [5, 5.41) is 0. The molecule has 0 spiro atoms. The molecule has 0 heterocycles. The van der Waals surface area contributed by atoms with Crippen molar-refractivity contribution in [3.8, 4) is 0 Å². The Balaban J connectivity index is 1.68. The van der Waals surface area contributed by atoms with E-state index in [1.807, 2.05) is 0 Å². The maximum Gasteiger partial charge on any atom is 0.0249 e. The topological polar surface area (TPSA) is 0 Å². The minimum absolute atomic E-state index is 0.451. The van der Waals surface area contributed by atoms with Crippen LogP contribution < -0.4 is 0 Å². The molecule has 0 aromatic heterocycles. The molecule has 0 radical (unpaired) electrons. The van der Waals surface area contributed by atoms with Gasteiger partial charge in [0, 0.05) is 11.8 Å². The van der Waals surface area contributed by atoms with Crippen molar-refractivity contribution < 1.29 is 0 Å². The van der Waals surface area contributed by atoms with Gasteiger partial charge < -0.3 is 0 Å². The Hall–Kier alpha value is -2.34. The van der Waals surface area contributed by atoms with E-state index in [2.05, 4.69) is 75.4 Å². The molecule has 0 saturated heterocycles. The molecule has 27 heavy (non-hydrogen) atoms. The largest absolute Gasteiger partial charge is 0.0772 e. The van der Waals surface area contributed by atoms with Crippen LogP contribution in [0.3, 0.4) is 0 Å². The van der Waals surface area contributed by atoms with Gasteiger partial charge in [-0.2, -0.15) is 0 Å². The standard InChI is InChI=1S/C27H28/c1-4-6-19-11-12-22-23-8-5-7-18(3)27(23)24-14-13-21(26(24)16-25(19)22)20-10-9-17(2)15-20/h5,7-9,11-15,24-25H,4,6,10,16H2,1-3H3. The van der Waals surface area contributed by atoms with Crippen LogP contribution in [0, 0.1) is 12.8 Å². The zero-order chi connectivity index (χ0) is 18.5. The smallest absolute Gasteiger partial charge is 0.0249 e. The van der Waals surface area contributed by atoms with Gasteiger partial charge in [0.1, 0.15) is 0 Å². The second-order valence-electron chi connectivity index (χ2n) is 8.50. The predicted octanol–water partition coefficient (Wildman–Crippen LogP) is 7.36. The first kappa shape index (κ1) is 16.8. The summed E-state index contributed by atoms with van der Waals surface area (Å²) >= 11 is 0. The molecule has 0 amide bonds. The fourth-order valence-corrected chi connectivity index (χ4v) is 5.51. The molecule has 0 N–H and O–H groups in total. The molecule has 0 bridgehead atoms. The van der Waals surface area contributed by atoms with Gasteiger partial charge >= 0.3 is 0 Å². The van der Waals surface area contributed by atoms with Crippen molar-refractivity contribution in [2.45, 2.75) is 52.4 Å². The van der Waals surface area contributed by atoms with Crippen molar-refractivity contribution in [1.29, 1.82) is 0 Å². The van der Waals surface area contributed by atoms with Gasteiger partial charge in [-0.1, -0.05) is 84.7 Å². The lowest BCUT2D eigenvalue weighted by atomic mass is 9.84. The van der Waals surface area contributed by atoms with Crippen LogP contribution in [0.4, 0.5) is 0 Å². The van der Waals surface area contributed by atoms with Gasteiger partial charge in [0.15, 0.2) is 0 Å². The Labute approximate surface area is 163 Å². The van der Waals surface area contributed by atoms with Gasteiger partial charge in [-0.05, 0) is 66.5 Å². The van der Waals surface area contributed by atoms with Crippen molar-refractivity contribution in [3.63, 3.8) is 0 Å². The summed E-state index contributed by atoms with van der Waals surface area (Å²) in [5.74, 6) is 1.02. The molecular weight excluding hydrogens is 324 g/mol. The molecule has 0 aliphatic heterocycles. The predicted molar refractivity (Wildman–Crippen MR) is 116 cm³/mol. The minimum Gasteiger partial charge on any atom is -0.0772 e. The molecule has 0 saturated carbocycles. The number of aryl methyl sites for hydroxylation is 1. The van der Waals surface area contributed by atoms with Crippen LogP contribution >= 0.6 is 0 Å². The Morgan fingerprint density at radius 3 is 2.78 bits per heavy atom. The molecule has 1 aromatic rings. The average molecular weight is 353 g/mol. The van der Waals surface area contributed by atoms with Crippen LogP contribution in [0.25, 0.3) is 5.57 Å². The van der Waals surface area contributed by atoms with Crippen LogP contribution in [0.1, 0.15) is 62.1 Å². The number of hydrogen-bond acceptors (Lipinski definition) is 0. The van der Waals surface area contributed by atoms with Gasteiger partial charge in [-0.15, -0.1) is 0 Å². The summed E-state index contributed by atoms with van der Waals surface area (Å²) in [6, 6.07) is 6.89. The van der Waals surface area contributed by atoms with Crippen LogP contribution in [0.5, 0.6) is 0 Å². The van der Waals surface area contributed by atoms with Crippen LogP contribution in [-0.4, -0.2) is 0 Å². The molecule has 2 unspecified atom stereocenters. The SMILES string of the molecule is CCCC1=CC=C2c3cccc(C)c3C3C=CC(C4=CC(C)=CC4)=C3CC12. The van der Waals surface area contributed by atoms with E-state index in [1.165, 1.54) is 47.1 Å². The van der Waals surface area contributed by atoms with Crippen LogP contribution in [0.2, 0.25) is 0 Å². The quantitative estimate of drug-likeness (QED) is 0.533. The van der Waals surface area contributed by atoms with Crippen LogP contribution in [0.15, 0.2) is 82.5 Å².